The quantitative estimate of drug-likeness (QED) is 0.274. The molecule has 0 aliphatic heterocycles. The van der Waals surface area contributed by atoms with Gasteiger partial charge in [0.25, 0.3) is 0 Å². The minimum atomic E-state index is 0.0606. The molecular weight excluding hydrogens is 170 g/mol. The topological polar surface area (TPSA) is 88.8 Å². The zero-order valence-corrected chi connectivity index (χ0v) is 6.62. The monoisotopic (exact) mass is 177 g/mol. The molecule has 0 atom stereocenters. The molecule has 3 N–H and O–H groups in total. The third-order valence-corrected chi connectivity index (χ3v) is 1.68. The van der Waals surface area contributed by atoms with Gasteiger partial charge in [0.15, 0.2) is 5.84 Å². The average molecular weight is 177 g/mol. The summed E-state index contributed by atoms with van der Waals surface area (Å²) in [4.78, 5) is 3.84. The number of fused-ring (bicyclic) bond motifs is 1. The van der Waals surface area contributed by atoms with Gasteiger partial charge < -0.3 is 10.9 Å². The number of amidine groups is 1. The van der Waals surface area contributed by atoms with Crippen molar-refractivity contribution >= 4 is 11.4 Å². The van der Waals surface area contributed by atoms with Crippen molar-refractivity contribution in [3.05, 3.63) is 30.4 Å². The number of hydrogen-bond acceptors (Lipinski definition) is 4. The molecule has 2 aromatic heterocycles. The minimum Gasteiger partial charge on any atom is -0.409 e. The van der Waals surface area contributed by atoms with E-state index in [1.807, 2.05) is 0 Å². The van der Waals surface area contributed by atoms with E-state index < -0.39 is 0 Å². The molecule has 0 radical (unpaired) electrons. The maximum Gasteiger partial charge on any atom is 0.171 e. The highest BCUT2D eigenvalue weighted by Gasteiger charge is 2.03. The smallest absolute Gasteiger partial charge is 0.171 e. The van der Waals surface area contributed by atoms with Crippen molar-refractivity contribution in [2.24, 2.45) is 10.9 Å². The maximum absolute atomic E-state index is 8.43. The molecule has 0 aromatic carbocycles. The van der Waals surface area contributed by atoms with Crippen molar-refractivity contribution in [2.45, 2.75) is 0 Å². The molecule has 0 saturated heterocycles. The summed E-state index contributed by atoms with van der Waals surface area (Å²) in [6.45, 7) is 0. The third kappa shape index (κ3) is 1.18. The van der Waals surface area contributed by atoms with E-state index in [-0.39, 0.29) is 5.84 Å². The highest BCUT2D eigenvalue weighted by atomic mass is 16.4. The average Bonchev–Trinajstić information content (AvgIpc) is 2.59. The van der Waals surface area contributed by atoms with Crippen molar-refractivity contribution in [1.29, 1.82) is 0 Å². The first-order valence-electron chi connectivity index (χ1n) is 3.57. The van der Waals surface area contributed by atoms with E-state index >= 15 is 0 Å². The molecule has 2 heterocycles. The summed E-state index contributed by atoms with van der Waals surface area (Å²) < 4.78 is 1.60. The van der Waals surface area contributed by atoms with Crippen molar-refractivity contribution in [3.63, 3.8) is 0 Å². The molecule has 0 bridgehead atoms. The molecule has 2 rings (SSSR count). The van der Waals surface area contributed by atoms with Gasteiger partial charge in [-0.15, -0.1) is 0 Å². The second-order valence-corrected chi connectivity index (χ2v) is 2.49. The summed E-state index contributed by atoms with van der Waals surface area (Å²) in [6, 6.07) is 1.73. The van der Waals surface area contributed by atoms with Crippen molar-refractivity contribution in [2.75, 3.05) is 0 Å². The summed E-state index contributed by atoms with van der Waals surface area (Å²) in [5.74, 6) is 0.0606. The van der Waals surface area contributed by atoms with E-state index in [1.54, 1.807) is 23.0 Å². The first-order chi connectivity index (χ1) is 6.31. The molecule has 0 amide bonds. The second-order valence-electron chi connectivity index (χ2n) is 2.49. The molecule has 0 fully saturated rings. The van der Waals surface area contributed by atoms with Crippen LogP contribution in [0.15, 0.2) is 29.9 Å². The Hall–Kier alpha value is -2.11. The minimum absolute atomic E-state index is 0.0606. The van der Waals surface area contributed by atoms with Crippen LogP contribution in [-0.2, 0) is 0 Å². The zero-order valence-electron chi connectivity index (χ0n) is 6.62. The highest BCUT2D eigenvalue weighted by Crippen LogP contribution is 2.05. The maximum atomic E-state index is 8.43. The van der Waals surface area contributed by atoms with Gasteiger partial charge in [-0.3, -0.25) is 0 Å². The van der Waals surface area contributed by atoms with E-state index in [1.165, 1.54) is 6.33 Å². The summed E-state index contributed by atoms with van der Waals surface area (Å²) in [7, 11) is 0. The normalized spacial score (nSPS) is 12.2. The number of nitrogens with zero attached hydrogens (tertiary/aromatic N) is 4. The fourth-order valence-electron chi connectivity index (χ4n) is 1.06. The lowest BCUT2D eigenvalue weighted by atomic mass is 10.3. The molecular formula is C7H7N5O. The van der Waals surface area contributed by atoms with Gasteiger partial charge in [0, 0.05) is 11.8 Å². The number of nitrogens with two attached hydrogens (primary N) is 1. The molecule has 6 heteroatoms. The van der Waals surface area contributed by atoms with Crippen LogP contribution < -0.4 is 5.73 Å². The van der Waals surface area contributed by atoms with Crippen LogP contribution >= 0.6 is 0 Å². The molecule has 0 saturated carbocycles. The van der Waals surface area contributed by atoms with Crippen LogP contribution in [0.2, 0.25) is 0 Å². The van der Waals surface area contributed by atoms with Crippen molar-refractivity contribution < 1.29 is 5.21 Å². The molecule has 13 heavy (non-hydrogen) atoms. The first-order valence-corrected chi connectivity index (χ1v) is 3.57. The molecule has 66 valence electrons. The van der Waals surface area contributed by atoms with Crippen LogP contribution in [0, 0.1) is 0 Å². The number of oxime groups is 1. The fourth-order valence-corrected chi connectivity index (χ4v) is 1.06. The molecule has 6 nitrogen and oxygen atoms in total. The third-order valence-electron chi connectivity index (χ3n) is 1.68. The Balaban J connectivity index is 2.62. The molecule has 2 aromatic rings. The van der Waals surface area contributed by atoms with Crippen LogP contribution in [0.5, 0.6) is 0 Å². The van der Waals surface area contributed by atoms with Gasteiger partial charge in [0.05, 0.1) is 11.7 Å². The predicted molar refractivity (Wildman–Crippen MR) is 45.5 cm³/mol. The molecule has 0 unspecified atom stereocenters. The number of aromatic nitrogens is 3. The van der Waals surface area contributed by atoms with Gasteiger partial charge >= 0.3 is 0 Å². The lowest BCUT2D eigenvalue weighted by Gasteiger charge is -1.88. The summed E-state index contributed by atoms with van der Waals surface area (Å²) in [6.07, 6.45) is 4.72. The number of rotatable bonds is 1. The molecule has 0 aliphatic rings. The van der Waals surface area contributed by atoms with E-state index in [9.17, 15) is 0 Å². The Morgan fingerprint density at radius 2 is 2.46 bits per heavy atom. The Kier molecular flexibility index (Phi) is 1.59. The van der Waals surface area contributed by atoms with Gasteiger partial charge in [-0.2, -0.15) is 5.10 Å². The van der Waals surface area contributed by atoms with Crippen LogP contribution in [0.1, 0.15) is 5.56 Å². The van der Waals surface area contributed by atoms with E-state index in [0.29, 0.717) is 5.56 Å². The predicted octanol–water partition coefficient (Wildman–Crippen LogP) is -0.176. The van der Waals surface area contributed by atoms with E-state index in [0.717, 1.165) is 5.52 Å². The van der Waals surface area contributed by atoms with Gasteiger partial charge in [0.1, 0.15) is 6.33 Å². The van der Waals surface area contributed by atoms with Crippen LogP contribution in [0.4, 0.5) is 0 Å². The lowest BCUT2D eigenvalue weighted by molar-refractivity contribution is 0.318. The Bertz CT molecular complexity index is 428. The van der Waals surface area contributed by atoms with E-state index in [2.05, 4.69) is 15.2 Å². The Morgan fingerprint density at radius 1 is 1.62 bits per heavy atom. The lowest BCUT2D eigenvalue weighted by Crippen LogP contribution is -2.11. The van der Waals surface area contributed by atoms with Crippen molar-refractivity contribution in [1.82, 2.24) is 14.6 Å². The van der Waals surface area contributed by atoms with Gasteiger partial charge in [-0.1, -0.05) is 5.16 Å². The highest BCUT2D eigenvalue weighted by molar-refractivity contribution is 5.98. The largest absolute Gasteiger partial charge is 0.409 e. The standard InChI is InChI=1S/C7H7N5O/c8-7(11-13)5-1-6-2-9-4-10-12(6)3-5/h1-4,13H,(H2,8,11). The van der Waals surface area contributed by atoms with Crippen LogP contribution in [0.3, 0.4) is 0 Å². The Morgan fingerprint density at radius 3 is 3.15 bits per heavy atom. The zero-order chi connectivity index (χ0) is 9.26. The van der Waals surface area contributed by atoms with Crippen molar-refractivity contribution in [3.8, 4) is 0 Å². The number of hydrogen-bond donors (Lipinski definition) is 2. The Labute approximate surface area is 73.3 Å². The fraction of sp³-hybridized carbons (Fsp3) is 0. The van der Waals surface area contributed by atoms with Gasteiger partial charge in [-0.25, -0.2) is 9.50 Å². The SMILES string of the molecule is N/C(=N/O)c1cc2cncnn2c1. The summed E-state index contributed by atoms with van der Waals surface area (Å²) >= 11 is 0. The molecule has 0 aliphatic carbocycles. The van der Waals surface area contributed by atoms with Crippen LogP contribution in [-0.4, -0.2) is 25.6 Å². The second kappa shape index (κ2) is 2.74. The summed E-state index contributed by atoms with van der Waals surface area (Å²) in [5.41, 5.74) is 6.81. The summed E-state index contributed by atoms with van der Waals surface area (Å²) in [5, 5.41) is 15.2. The molecule has 0 spiro atoms. The van der Waals surface area contributed by atoms with Crippen LogP contribution in [0.25, 0.3) is 5.52 Å². The van der Waals surface area contributed by atoms with Gasteiger partial charge in [0.2, 0.25) is 0 Å². The first kappa shape index (κ1) is 7.53. The van der Waals surface area contributed by atoms with E-state index in [4.69, 9.17) is 10.9 Å². The van der Waals surface area contributed by atoms with Gasteiger partial charge in [-0.05, 0) is 6.07 Å².